The molecule has 0 aromatic heterocycles. The van der Waals surface area contributed by atoms with Crippen molar-refractivity contribution in [3.63, 3.8) is 0 Å². The summed E-state index contributed by atoms with van der Waals surface area (Å²) in [5.41, 5.74) is -0.312. The van der Waals surface area contributed by atoms with Crippen LogP contribution in [0.15, 0.2) is 0 Å². The van der Waals surface area contributed by atoms with E-state index in [4.69, 9.17) is 9.78 Å². The van der Waals surface area contributed by atoms with E-state index in [0.29, 0.717) is 0 Å². The standard InChI is InChI=1S/C8H20O2Si/c1-7(2,3)9-10-8(4,5)6-11/h6H2,1-5,11H3. The van der Waals surface area contributed by atoms with Crippen molar-refractivity contribution < 1.29 is 9.78 Å². The Morgan fingerprint density at radius 3 is 1.73 bits per heavy atom. The first kappa shape index (κ1) is 11.1. The van der Waals surface area contributed by atoms with E-state index in [2.05, 4.69) is 0 Å². The average molecular weight is 176 g/mol. The van der Waals surface area contributed by atoms with Crippen LogP contribution in [-0.2, 0) is 9.78 Å². The maximum atomic E-state index is 5.28. The summed E-state index contributed by atoms with van der Waals surface area (Å²) in [7, 11) is 1.14. The van der Waals surface area contributed by atoms with Crippen molar-refractivity contribution in [2.45, 2.75) is 51.9 Å². The predicted molar refractivity (Wildman–Crippen MR) is 50.7 cm³/mol. The molecular formula is C8H20O2Si. The minimum atomic E-state index is -0.200. The second-order valence-corrected chi connectivity index (χ2v) is 5.10. The molecule has 3 heteroatoms. The van der Waals surface area contributed by atoms with E-state index >= 15 is 0 Å². The highest BCUT2D eigenvalue weighted by Gasteiger charge is 2.21. The van der Waals surface area contributed by atoms with E-state index < -0.39 is 0 Å². The van der Waals surface area contributed by atoms with Crippen LogP contribution >= 0.6 is 0 Å². The molecule has 0 aliphatic heterocycles. The topological polar surface area (TPSA) is 18.5 Å². The molecule has 0 N–H and O–H groups in total. The van der Waals surface area contributed by atoms with E-state index in [9.17, 15) is 0 Å². The molecule has 0 rings (SSSR count). The molecule has 0 aliphatic carbocycles. The van der Waals surface area contributed by atoms with E-state index in [1.54, 1.807) is 0 Å². The third-order valence-corrected chi connectivity index (χ3v) is 3.07. The molecule has 0 aromatic carbocycles. The van der Waals surface area contributed by atoms with Gasteiger partial charge in [0, 0.05) is 10.2 Å². The van der Waals surface area contributed by atoms with Crippen molar-refractivity contribution in [3.8, 4) is 0 Å². The summed E-state index contributed by atoms with van der Waals surface area (Å²) in [5, 5.41) is 0. The summed E-state index contributed by atoms with van der Waals surface area (Å²) in [5.74, 6) is 0. The minimum Gasteiger partial charge on any atom is -0.230 e. The average Bonchev–Trinajstić information content (AvgIpc) is 1.83. The maximum absolute atomic E-state index is 5.28. The molecule has 0 saturated carbocycles. The van der Waals surface area contributed by atoms with Gasteiger partial charge < -0.3 is 0 Å². The summed E-state index contributed by atoms with van der Waals surface area (Å²) in [6.45, 7) is 10.0. The summed E-state index contributed by atoms with van der Waals surface area (Å²) in [4.78, 5) is 10.5. The normalized spacial score (nSPS) is 13.9. The summed E-state index contributed by atoms with van der Waals surface area (Å²) in [6, 6.07) is 1.09. The molecule has 0 heterocycles. The van der Waals surface area contributed by atoms with Crippen LogP contribution in [0.2, 0.25) is 6.04 Å². The van der Waals surface area contributed by atoms with Gasteiger partial charge in [0.1, 0.15) is 0 Å². The van der Waals surface area contributed by atoms with Crippen molar-refractivity contribution in [1.29, 1.82) is 0 Å². The molecule has 0 spiro atoms. The van der Waals surface area contributed by atoms with E-state index in [-0.39, 0.29) is 11.2 Å². The van der Waals surface area contributed by atoms with Gasteiger partial charge in [0.15, 0.2) is 0 Å². The molecule has 68 valence electrons. The van der Waals surface area contributed by atoms with Gasteiger partial charge in [0.2, 0.25) is 0 Å². The van der Waals surface area contributed by atoms with Gasteiger partial charge in [-0.2, -0.15) is 0 Å². The van der Waals surface area contributed by atoms with Gasteiger partial charge in [-0.3, -0.25) is 0 Å². The van der Waals surface area contributed by atoms with Crippen LogP contribution in [0.25, 0.3) is 0 Å². The molecular weight excluding hydrogens is 156 g/mol. The smallest absolute Gasteiger partial charge is 0.0952 e. The maximum Gasteiger partial charge on any atom is 0.0952 e. The lowest BCUT2D eigenvalue weighted by Gasteiger charge is -2.27. The largest absolute Gasteiger partial charge is 0.230 e. The highest BCUT2D eigenvalue weighted by molar-refractivity contribution is 6.09. The van der Waals surface area contributed by atoms with Crippen LogP contribution in [0.1, 0.15) is 34.6 Å². The predicted octanol–water partition coefficient (Wildman–Crippen LogP) is 1.30. The van der Waals surface area contributed by atoms with Gasteiger partial charge in [-0.05, 0) is 40.7 Å². The van der Waals surface area contributed by atoms with Crippen LogP contribution in [-0.4, -0.2) is 21.4 Å². The van der Waals surface area contributed by atoms with Gasteiger partial charge >= 0.3 is 0 Å². The Morgan fingerprint density at radius 1 is 1.00 bits per heavy atom. The lowest BCUT2D eigenvalue weighted by Crippen LogP contribution is -2.30. The van der Waals surface area contributed by atoms with Crippen LogP contribution in [0, 0.1) is 0 Å². The van der Waals surface area contributed by atoms with Crippen LogP contribution in [0.5, 0.6) is 0 Å². The van der Waals surface area contributed by atoms with Gasteiger partial charge in [-0.1, -0.05) is 0 Å². The molecule has 11 heavy (non-hydrogen) atoms. The SMILES string of the molecule is CC(C)(C)OOC(C)(C)C[SiH3]. The Labute approximate surface area is 72.6 Å². The minimum absolute atomic E-state index is 0.112. The van der Waals surface area contributed by atoms with E-state index in [1.807, 2.05) is 34.6 Å². The summed E-state index contributed by atoms with van der Waals surface area (Å²) >= 11 is 0. The molecule has 0 atom stereocenters. The Balaban J connectivity index is 3.70. The Morgan fingerprint density at radius 2 is 1.45 bits per heavy atom. The molecule has 0 unspecified atom stereocenters. The fourth-order valence-electron chi connectivity index (χ4n) is 0.297. The molecule has 0 aromatic rings. The molecule has 0 aliphatic rings. The number of hydrogen-bond acceptors (Lipinski definition) is 2. The number of hydrogen-bond donors (Lipinski definition) is 0. The molecule has 2 nitrogen and oxygen atoms in total. The van der Waals surface area contributed by atoms with Crippen molar-refractivity contribution in [2.75, 3.05) is 0 Å². The first-order valence-electron chi connectivity index (χ1n) is 4.14. The van der Waals surface area contributed by atoms with Gasteiger partial charge in [-0.25, -0.2) is 9.78 Å². The van der Waals surface area contributed by atoms with Crippen LogP contribution in [0.4, 0.5) is 0 Å². The first-order chi connectivity index (χ1) is 4.77. The second kappa shape index (κ2) is 3.69. The quantitative estimate of drug-likeness (QED) is 0.366. The molecule has 0 bridgehead atoms. The number of rotatable bonds is 3. The van der Waals surface area contributed by atoms with Crippen LogP contribution in [0.3, 0.4) is 0 Å². The van der Waals surface area contributed by atoms with Gasteiger partial charge in [0.25, 0.3) is 0 Å². The molecule has 0 saturated heterocycles. The van der Waals surface area contributed by atoms with Crippen molar-refractivity contribution in [3.05, 3.63) is 0 Å². The Kier molecular flexibility index (Phi) is 3.74. The third-order valence-electron chi connectivity index (χ3n) is 1.37. The van der Waals surface area contributed by atoms with Crippen molar-refractivity contribution in [2.24, 2.45) is 0 Å². The highest BCUT2D eigenvalue weighted by atomic mass is 28.1. The monoisotopic (exact) mass is 176 g/mol. The van der Waals surface area contributed by atoms with E-state index in [0.717, 1.165) is 16.3 Å². The fraction of sp³-hybridized carbons (Fsp3) is 1.00. The third kappa shape index (κ3) is 6.53. The summed E-state index contributed by atoms with van der Waals surface area (Å²) in [6.07, 6.45) is 0. The Hall–Kier alpha value is 0.137. The van der Waals surface area contributed by atoms with Crippen molar-refractivity contribution in [1.82, 2.24) is 0 Å². The lowest BCUT2D eigenvalue weighted by atomic mass is 10.2. The summed E-state index contributed by atoms with van der Waals surface area (Å²) < 4.78 is 0. The first-order valence-corrected chi connectivity index (χ1v) is 5.55. The lowest BCUT2D eigenvalue weighted by molar-refractivity contribution is -0.393. The Bertz CT molecular complexity index is 116. The van der Waals surface area contributed by atoms with Gasteiger partial charge in [0.05, 0.1) is 11.2 Å². The van der Waals surface area contributed by atoms with Crippen LogP contribution < -0.4 is 0 Å². The molecule has 0 radical (unpaired) electrons. The molecule has 0 amide bonds. The molecule has 0 fully saturated rings. The zero-order chi connectivity index (χ0) is 9.12. The van der Waals surface area contributed by atoms with Crippen molar-refractivity contribution >= 4 is 10.2 Å². The second-order valence-electron chi connectivity index (χ2n) is 4.39. The highest BCUT2D eigenvalue weighted by Crippen LogP contribution is 2.18. The zero-order valence-corrected chi connectivity index (χ0v) is 10.5. The van der Waals surface area contributed by atoms with E-state index in [1.165, 1.54) is 0 Å². The van der Waals surface area contributed by atoms with Gasteiger partial charge in [-0.15, -0.1) is 0 Å². The zero-order valence-electron chi connectivity index (χ0n) is 8.52. The fourth-order valence-corrected chi connectivity index (χ4v) is 0.415.